The molecule has 3 heteroatoms. The number of hydrogen-bond acceptors (Lipinski definition) is 1. The van der Waals surface area contributed by atoms with Crippen molar-refractivity contribution >= 4 is 36.2 Å². The summed E-state index contributed by atoms with van der Waals surface area (Å²) in [4.78, 5) is 10.5. The second-order valence-electron chi connectivity index (χ2n) is 3.19. The van der Waals surface area contributed by atoms with E-state index in [0.29, 0.717) is 0 Å². The van der Waals surface area contributed by atoms with E-state index in [1.165, 1.54) is 10.8 Å². The maximum absolute atomic E-state index is 10.5. The molecular formula is C12H10O2Se. The molecule has 0 atom stereocenters. The Morgan fingerprint density at radius 2 is 1.87 bits per heavy atom. The third-order valence-electron chi connectivity index (χ3n) is 2.08. The van der Waals surface area contributed by atoms with Crippen LogP contribution in [0.5, 0.6) is 0 Å². The summed E-state index contributed by atoms with van der Waals surface area (Å²) in [5, 5.41) is 11.2. The van der Waals surface area contributed by atoms with E-state index in [1.54, 1.807) is 0 Å². The SMILES string of the molecule is O=C(O)C[Se]c1ccc2ccccc2c1. The van der Waals surface area contributed by atoms with E-state index in [0.717, 1.165) is 4.46 Å². The van der Waals surface area contributed by atoms with Crippen LogP contribution in [0.25, 0.3) is 10.8 Å². The van der Waals surface area contributed by atoms with Gasteiger partial charge < -0.3 is 0 Å². The van der Waals surface area contributed by atoms with Gasteiger partial charge in [-0.05, 0) is 0 Å². The van der Waals surface area contributed by atoms with Crippen LogP contribution in [0, 0.1) is 0 Å². The molecule has 0 aliphatic heterocycles. The van der Waals surface area contributed by atoms with Crippen LogP contribution in [-0.4, -0.2) is 26.0 Å². The van der Waals surface area contributed by atoms with Crippen molar-refractivity contribution in [2.75, 3.05) is 0 Å². The molecule has 0 bridgehead atoms. The van der Waals surface area contributed by atoms with Crippen LogP contribution in [-0.2, 0) is 4.79 Å². The fourth-order valence-electron chi connectivity index (χ4n) is 1.40. The normalized spacial score (nSPS) is 10.4. The van der Waals surface area contributed by atoms with Crippen LogP contribution in [0.4, 0.5) is 0 Å². The zero-order valence-corrected chi connectivity index (χ0v) is 9.73. The van der Waals surface area contributed by atoms with Gasteiger partial charge in [0.15, 0.2) is 0 Å². The van der Waals surface area contributed by atoms with Gasteiger partial charge >= 0.3 is 93.8 Å². The van der Waals surface area contributed by atoms with Gasteiger partial charge in [-0.25, -0.2) is 0 Å². The molecule has 0 radical (unpaired) electrons. The molecule has 76 valence electrons. The van der Waals surface area contributed by atoms with E-state index < -0.39 is 5.97 Å². The number of hydrogen-bond donors (Lipinski definition) is 1. The number of benzene rings is 2. The van der Waals surface area contributed by atoms with E-state index in [-0.39, 0.29) is 20.3 Å². The molecule has 15 heavy (non-hydrogen) atoms. The second-order valence-corrected chi connectivity index (χ2v) is 5.39. The third-order valence-corrected chi connectivity index (χ3v) is 4.14. The van der Waals surface area contributed by atoms with Crippen molar-refractivity contribution in [1.29, 1.82) is 0 Å². The number of carboxylic acid groups (broad SMARTS) is 1. The van der Waals surface area contributed by atoms with Crippen molar-refractivity contribution in [3.63, 3.8) is 0 Å². The van der Waals surface area contributed by atoms with Gasteiger partial charge in [-0.1, -0.05) is 0 Å². The summed E-state index contributed by atoms with van der Waals surface area (Å²) < 4.78 is 1.14. The van der Waals surface area contributed by atoms with Gasteiger partial charge in [0, 0.05) is 0 Å². The van der Waals surface area contributed by atoms with E-state index in [9.17, 15) is 4.79 Å². The molecule has 0 fully saturated rings. The van der Waals surface area contributed by atoms with Gasteiger partial charge in [-0.3, -0.25) is 0 Å². The van der Waals surface area contributed by atoms with Crippen molar-refractivity contribution in [3.8, 4) is 0 Å². The van der Waals surface area contributed by atoms with Crippen LogP contribution in [0.3, 0.4) is 0 Å². The predicted molar refractivity (Wildman–Crippen MR) is 61.8 cm³/mol. The average molecular weight is 265 g/mol. The standard InChI is InChI=1S/C12H10O2Se/c13-12(14)8-15-11-6-5-9-3-1-2-4-10(9)7-11/h1-7H,8H2,(H,13,14). The summed E-state index contributed by atoms with van der Waals surface area (Å²) in [6.07, 6.45) is 0. The van der Waals surface area contributed by atoms with E-state index in [4.69, 9.17) is 5.11 Å². The Bertz CT molecular complexity index is 494. The van der Waals surface area contributed by atoms with Gasteiger partial charge in [-0.2, -0.15) is 0 Å². The summed E-state index contributed by atoms with van der Waals surface area (Å²) >= 11 is 0.0376. The molecule has 0 aliphatic carbocycles. The van der Waals surface area contributed by atoms with Gasteiger partial charge in [0.1, 0.15) is 0 Å². The number of carbonyl (C=O) groups is 1. The molecule has 0 aliphatic rings. The molecule has 2 aromatic carbocycles. The van der Waals surface area contributed by atoms with E-state index >= 15 is 0 Å². The summed E-state index contributed by atoms with van der Waals surface area (Å²) in [7, 11) is 0. The van der Waals surface area contributed by atoms with Gasteiger partial charge in [0.2, 0.25) is 0 Å². The summed E-state index contributed by atoms with van der Waals surface area (Å²) in [6.45, 7) is 0. The predicted octanol–water partition coefficient (Wildman–Crippen LogP) is 1.67. The second kappa shape index (κ2) is 4.47. The summed E-state index contributed by atoms with van der Waals surface area (Å²) in [5.74, 6) is -0.719. The molecule has 0 saturated carbocycles. The van der Waals surface area contributed by atoms with Gasteiger partial charge in [-0.15, -0.1) is 0 Å². The van der Waals surface area contributed by atoms with Crippen LogP contribution < -0.4 is 4.46 Å². The first-order chi connectivity index (χ1) is 7.25. The molecule has 1 N–H and O–H groups in total. The average Bonchev–Trinajstić information content (AvgIpc) is 2.26. The Kier molecular flexibility index (Phi) is 3.05. The molecule has 0 unspecified atom stereocenters. The minimum atomic E-state index is -0.719. The fourth-order valence-corrected chi connectivity index (χ4v) is 2.80. The number of aliphatic carboxylic acids is 1. The molecule has 0 spiro atoms. The molecule has 0 heterocycles. The molecule has 2 aromatic rings. The number of fused-ring (bicyclic) bond motifs is 1. The first kappa shape index (κ1) is 10.2. The van der Waals surface area contributed by atoms with Crippen LogP contribution in [0.15, 0.2) is 42.5 Å². The first-order valence-corrected chi connectivity index (χ1v) is 6.66. The maximum atomic E-state index is 10.5. The van der Waals surface area contributed by atoms with Crippen molar-refractivity contribution in [1.82, 2.24) is 0 Å². The molecule has 2 nitrogen and oxygen atoms in total. The molecule has 2 rings (SSSR count). The van der Waals surface area contributed by atoms with Crippen LogP contribution in [0.1, 0.15) is 0 Å². The van der Waals surface area contributed by atoms with Crippen molar-refractivity contribution in [2.45, 2.75) is 5.32 Å². The monoisotopic (exact) mass is 266 g/mol. The Hall–Kier alpha value is -1.31. The molecule has 0 amide bonds. The Morgan fingerprint density at radius 1 is 1.13 bits per heavy atom. The zero-order valence-electron chi connectivity index (χ0n) is 8.01. The zero-order chi connectivity index (χ0) is 10.7. The van der Waals surface area contributed by atoms with Crippen LogP contribution in [0.2, 0.25) is 5.32 Å². The summed E-state index contributed by atoms with van der Waals surface area (Å²) in [6, 6.07) is 14.3. The Labute approximate surface area is 94.1 Å². The van der Waals surface area contributed by atoms with Crippen molar-refractivity contribution in [3.05, 3.63) is 42.5 Å². The topological polar surface area (TPSA) is 37.3 Å². The number of rotatable bonds is 3. The van der Waals surface area contributed by atoms with Gasteiger partial charge in [0.05, 0.1) is 0 Å². The Morgan fingerprint density at radius 3 is 2.60 bits per heavy atom. The quantitative estimate of drug-likeness (QED) is 0.857. The Balaban J connectivity index is 2.26. The fraction of sp³-hybridized carbons (Fsp3) is 0.0833. The van der Waals surface area contributed by atoms with Crippen molar-refractivity contribution in [2.24, 2.45) is 0 Å². The van der Waals surface area contributed by atoms with Crippen LogP contribution >= 0.6 is 0 Å². The van der Waals surface area contributed by atoms with E-state index in [1.807, 2.05) is 24.3 Å². The number of carboxylic acids is 1. The molecular weight excluding hydrogens is 255 g/mol. The minimum absolute atomic E-state index is 0.0376. The van der Waals surface area contributed by atoms with Crippen molar-refractivity contribution < 1.29 is 9.90 Å². The molecule has 0 saturated heterocycles. The first-order valence-electron chi connectivity index (χ1n) is 4.59. The molecule has 0 aromatic heterocycles. The summed E-state index contributed by atoms with van der Waals surface area (Å²) in [5.41, 5.74) is 0. The van der Waals surface area contributed by atoms with Gasteiger partial charge in [0.25, 0.3) is 0 Å². The third kappa shape index (κ3) is 2.58. The van der Waals surface area contributed by atoms with E-state index in [2.05, 4.69) is 18.2 Å².